The minimum absolute atomic E-state index is 0.0180. The van der Waals surface area contributed by atoms with Crippen molar-refractivity contribution in [3.8, 4) is 28.7 Å². The molecule has 2 aromatic rings. The van der Waals surface area contributed by atoms with Crippen LogP contribution in [-0.4, -0.2) is 96.2 Å². The predicted octanol–water partition coefficient (Wildman–Crippen LogP) is 4.49. The highest BCUT2D eigenvalue weighted by Gasteiger charge is 2.53. The van der Waals surface area contributed by atoms with Crippen LogP contribution < -0.4 is 29.6 Å². The number of ether oxygens (including phenoxy) is 6. The van der Waals surface area contributed by atoms with E-state index in [9.17, 15) is 24.7 Å². The minimum Gasteiger partial charge on any atom is -0.502 e. The van der Waals surface area contributed by atoms with Gasteiger partial charge in [0.05, 0.1) is 32.8 Å². The number of methoxy groups -OCH3 is 2. The third-order valence-electron chi connectivity index (χ3n) is 10.4. The van der Waals surface area contributed by atoms with Crippen LogP contribution >= 0.6 is 11.8 Å². The van der Waals surface area contributed by atoms with Crippen LogP contribution in [0.2, 0.25) is 0 Å². The molecule has 4 N–H and O–H groups in total. The number of alkyl carbamates (subject to hydrolysis) is 1. The molecule has 0 radical (unpaired) electrons. The molecule has 6 rings (SSSR count). The van der Waals surface area contributed by atoms with Crippen molar-refractivity contribution in [3.63, 3.8) is 0 Å². The fourth-order valence-corrected chi connectivity index (χ4v) is 8.66. The number of piperidine rings is 1. The van der Waals surface area contributed by atoms with Crippen LogP contribution in [0.4, 0.5) is 4.79 Å². The summed E-state index contributed by atoms with van der Waals surface area (Å²) in [5.41, 5.74) is 0.789. The van der Waals surface area contributed by atoms with Crippen LogP contribution in [0.5, 0.6) is 28.7 Å². The van der Waals surface area contributed by atoms with E-state index in [1.165, 1.54) is 31.0 Å². The van der Waals surface area contributed by atoms with Crippen LogP contribution in [0, 0.1) is 11.8 Å². The van der Waals surface area contributed by atoms with Gasteiger partial charge in [-0.15, -0.1) is 0 Å². The number of nitrogens with one attached hydrogen (secondary N) is 2. The van der Waals surface area contributed by atoms with E-state index in [0.717, 1.165) is 0 Å². The van der Waals surface area contributed by atoms with E-state index < -0.39 is 65.0 Å². The van der Waals surface area contributed by atoms with Gasteiger partial charge in [-0.1, -0.05) is 0 Å². The number of fused-ring (bicyclic) bond motifs is 3. The first-order valence-electron chi connectivity index (χ1n) is 17.0. The van der Waals surface area contributed by atoms with Gasteiger partial charge in [0.2, 0.25) is 18.4 Å². The molecule has 2 amide bonds. The second-order valence-electron chi connectivity index (χ2n) is 14.7. The summed E-state index contributed by atoms with van der Waals surface area (Å²) in [6.07, 6.45) is 1.86. The fraction of sp³-hybridized carbons (Fsp3) is 0.583. The summed E-state index contributed by atoms with van der Waals surface area (Å²) in [5, 5.41) is 28.6. The smallest absolute Gasteiger partial charge is 0.408 e. The first-order valence-corrected chi connectivity index (χ1v) is 18.4. The maximum absolute atomic E-state index is 14.2. The van der Waals surface area contributed by atoms with Gasteiger partial charge in [-0.3, -0.25) is 9.59 Å². The van der Waals surface area contributed by atoms with Crippen LogP contribution in [0.1, 0.15) is 75.6 Å². The Kier molecular flexibility index (Phi) is 10.2. The van der Waals surface area contributed by atoms with Gasteiger partial charge in [0, 0.05) is 35.8 Å². The Balaban J connectivity index is 1.31. The zero-order valence-corrected chi connectivity index (χ0v) is 30.8. The zero-order chi connectivity index (χ0) is 36.8. The molecular weight excluding hydrogens is 682 g/mol. The van der Waals surface area contributed by atoms with Gasteiger partial charge >= 0.3 is 12.1 Å². The number of nitrogens with zero attached hydrogens (tertiary/aromatic N) is 1. The summed E-state index contributed by atoms with van der Waals surface area (Å²) >= 11 is 1.54. The highest BCUT2D eigenvalue weighted by atomic mass is 32.2. The molecular formula is C36H47N3O11S. The van der Waals surface area contributed by atoms with E-state index in [4.69, 9.17) is 28.4 Å². The zero-order valence-electron chi connectivity index (χ0n) is 29.9. The Hall–Kier alpha value is -4.08. The number of amides is 2. The number of hydroxylamine groups is 2. The lowest BCUT2D eigenvalue weighted by molar-refractivity contribution is -0.256. The normalized spacial score (nSPS) is 25.2. The molecule has 1 aliphatic carbocycles. The summed E-state index contributed by atoms with van der Waals surface area (Å²) in [4.78, 5) is 41.1. The van der Waals surface area contributed by atoms with Crippen LogP contribution in [0.25, 0.3) is 0 Å². The van der Waals surface area contributed by atoms with Crippen molar-refractivity contribution in [2.45, 2.75) is 82.1 Å². The number of carbonyl (C=O) groups excluding carboxylic acids is 3. The Bertz CT molecular complexity index is 1640. The molecule has 0 unspecified atom stereocenters. The summed E-state index contributed by atoms with van der Waals surface area (Å²) in [6.45, 7) is 7.60. The van der Waals surface area contributed by atoms with Gasteiger partial charge in [0.25, 0.3) is 0 Å². The number of phenolic OH excluding ortho intramolecular Hbond substituents is 1. The highest BCUT2D eigenvalue weighted by Crippen LogP contribution is 2.55. The molecule has 0 bridgehead atoms. The van der Waals surface area contributed by atoms with Gasteiger partial charge in [-0.25, -0.2) is 4.79 Å². The molecule has 0 aromatic heterocycles. The Morgan fingerprint density at radius 1 is 1.00 bits per heavy atom. The van der Waals surface area contributed by atoms with Gasteiger partial charge in [0.1, 0.15) is 12.1 Å². The van der Waals surface area contributed by atoms with Crippen molar-refractivity contribution in [1.82, 2.24) is 15.7 Å². The molecule has 3 aliphatic heterocycles. The van der Waals surface area contributed by atoms with Crippen molar-refractivity contribution in [2.24, 2.45) is 11.8 Å². The quantitative estimate of drug-likeness (QED) is 0.252. The lowest BCUT2D eigenvalue weighted by Crippen LogP contribution is -2.61. The summed E-state index contributed by atoms with van der Waals surface area (Å²) in [5.74, 6) is -0.920. The summed E-state index contributed by atoms with van der Waals surface area (Å²) < 4.78 is 33.9. The average Bonchev–Trinajstić information content (AvgIpc) is 3.70. The molecule has 0 spiro atoms. The average molecular weight is 730 g/mol. The van der Waals surface area contributed by atoms with Gasteiger partial charge in [-0.05, 0) is 87.1 Å². The number of esters is 1. The van der Waals surface area contributed by atoms with Crippen LogP contribution in [0.15, 0.2) is 24.3 Å². The molecule has 2 fully saturated rings. The Morgan fingerprint density at radius 2 is 1.61 bits per heavy atom. The van der Waals surface area contributed by atoms with Gasteiger partial charge in [-0.2, -0.15) is 16.8 Å². The molecule has 278 valence electrons. The second kappa shape index (κ2) is 14.2. The fourth-order valence-electron chi connectivity index (χ4n) is 8.19. The number of phenols is 1. The van der Waals surface area contributed by atoms with Crippen molar-refractivity contribution >= 4 is 29.7 Å². The number of carbonyl (C=O) groups is 3. The first-order chi connectivity index (χ1) is 24.2. The predicted molar refractivity (Wildman–Crippen MR) is 186 cm³/mol. The largest absolute Gasteiger partial charge is 0.502 e. The monoisotopic (exact) mass is 729 g/mol. The van der Waals surface area contributed by atoms with Crippen molar-refractivity contribution in [3.05, 3.63) is 41.0 Å². The maximum Gasteiger partial charge on any atom is 0.408 e. The number of rotatable bonds is 10. The lowest BCUT2D eigenvalue weighted by atomic mass is 9.65. The molecule has 5 atom stereocenters. The van der Waals surface area contributed by atoms with E-state index >= 15 is 0 Å². The number of cyclic esters (lactones) is 1. The second-order valence-corrected chi connectivity index (χ2v) is 15.7. The maximum atomic E-state index is 14.2. The van der Waals surface area contributed by atoms with Gasteiger partial charge in [0.15, 0.2) is 23.0 Å². The number of hydrogen-bond donors (Lipinski definition) is 4. The number of aromatic hydroxyl groups is 1. The topological polar surface area (TPSA) is 174 Å². The van der Waals surface area contributed by atoms with Gasteiger partial charge < -0.3 is 49.4 Å². The van der Waals surface area contributed by atoms with E-state index in [0.29, 0.717) is 53.2 Å². The molecule has 4 aliphatic rings. The third-order valence-corrected chi connectivity index (χ3v) is 11.1. The molecule has 0 saturated carbocycles. The Morgan fingerprint density at radius 3 is 2.20 bits per heavy atom. The third kappa shape index (κ3) is 6.95. The molecule has 2 saturated heterocycles. The summed E-state index contributed by atoms with van der Waals surface area (Å²) in [6, 6.07) is 5.33. The summed E-state index contributed by atoms with van der Waals surface area (Å²) in [7, 11) is 2.86. The SMILES string of the molecule is COc1cc([C@@H]2c3cc4c(cc3[C@@H](NC(=O)[C@H](CCSC)NC(=O)OC3CC(C)(C)N(O)C(C)(C)C3)[C@H]3COC(=O)[C@H]23)OCO4)cc(OC)c1O. The molecule has 14 nitrogen and oxygen atoms in total. The van der Waals surface area contributed by atoms with E-state index in [-0.39, 0.29) is 30.6 Å². The van der Waals surface area contributed by atoms with Crippen molar-refractivity contribution in [2.75, 3.05) is 39.6 Å². The minimum atomic E-state index is -0.943. The first kappa shape index (κ1) is 36.7. The lowest BCUT2D eigenvalue weighted by Gasteiger charge is -2.50. The molecule has 51 heavy (non-hydrogen) atoms. The number of benzene rings is 2. The van der Waals surface area contributed by atoms with E-state index in [2.05, 4.69) is 10.6 Å². The van der Waals surface area contributed by atoms with Crippen LogP contribution in [-0.2, 0) is 19.1 Å². The standard InChI is InChI=1S/C36H47N3O11S/c1-35(2)14-19(15-36(3,4)39(35)44)50-34(43)37-23(8-9-51-7)32(41)38-30-21-13-25-24(48-17-49-25)12-20(21)28(29-22(30)16-47-33(29)42)18-10-26(45-5)31(40)27(11-18)46-6/h10-13,19,22-23,28-30,40,44H,8-9,14-17H2,1-7H3,(H,37,43)(H,38,41)/t22-,23-,28+,29-,30+/m0/s1. The Labute approximate surface area is 301 Å². The highest BCUT2D eigenvalue weighted by molar-refractivity contribution is 7.98. The number of thioether (sulfide) groups is 1. The molecule has 15 heteroatoms. The van der Waals surface area contributed by atoms with E-state index in [1.807, 2.05) is 46.1 Å². The van der Waals surface area contributed by atoms with Crippen LogP contribution in [0.3, 0.4) is 0 Å². The number of hydrogen-bond acceptors (Lipinski definition) is 13. The molecule has 3 heterocycles. The van der Waals surface area contributed by atoms with Crippen molar-refractivity contribution in [1.29, 1.82) is 0 Å². The molecule has 2 aromatic carbocycles. The van der Waals surface area contributed by atoms with Crippen molar-refractivity contribution < 1.29 is 53.1 Å². The van der Waals surface area contributed by atoms with E-state index in [1.54, 1.807) is 12.1 Å².